The highest BCUT2D eigenvalue weighted by Gasteiger charge is 2.39. The molecule has 18 heavy (non-hydrogen) atoms. The zero-order valence-corrected chi connectivity index (χ0v) is 12.0. The molecule has 1 saturated heterocycles. The lowest BCUT2D eigenvalue weighted by Gasteiger charge is -2.34. The first-order valence-electron chi connectivity index (χ1n) is 7.06. The summed E-state index contributed by atoms with van der Waals surface area (Å²) in [5.74, 6) is 0.478. The minimum atomic E-state index is -0.261. The molecule has 106 valence electrons. The molecule has 1 N–H and O–H groups in total. The Hall–Kier alpha value is -0.610. The Balaban J connectivity index is 2.25. The predicted molar refractivity (Wildman–Crippen MR) is 71.4 cm³/mol. The Bertz CT molecular complexity index is 247. The molecule has 1 fully saturated rings. The number of hydrogen-bond acceptors (Lipinski definition) is 4. The summed E-state index contributed by atoms with van der Waals surface area (Å²) < 4.78 is 10.8. The van der Waals surface area contributed by atoms with Crippen LogP contribution in [0.2, 0.25) is 0 Å². The minimum absolute atomic E-state index is 0.0420. The molecule has 0 unspecified atom stereocenters. The second kappa shape index (κ2) is 7.74. The highest BCUT2D eigenvalue weighted by atomic mass is 16.6. The third-order valence-electron chi connectivity index (χ3n) is 3.58. The number of nitrogens with one attached hydrogen (secondary N) is 1. The first-order chi connectivity index (χ1) is 8.60. The van der Waals surface area contributed by atoms with E-state index < -0.39 is 0 Å². The van der Waals surface area contributed by atoms with E-state index in [9.17, 15) is 4.79 Å². The van der Waals surface area contributed by atoms with Crippen molar-refractivity contribution >= 4 is 5.97 Å². The standard InChI is InChI=1S/C14H27NO3/c1-4-14(5-7-15-8-6-14)13(16)18-10-9-17-11-12(2)3/h12,15H,4-11H2,1-3H3. The summed E-state index contributed by atoms with van der Waals surface area (Å²) in [6, 6.07) is 0. The van der Waals surface area contributed by atoms with E-state index in [0.29, 0.717) is 19.1 Å². The van der Waals surface area contributed by atoms with Crippen LogP contribution in [-0.4, -0.2) is 38.9 Å². The quantitative estimate of drug-likeness (QED) is 0.559. The van der Waals surface area contributed by atoms with Crippen molar-refractivity contribution in [3.63, 3.8) is 0 Å². The summed E-state index contributed by atoms with van der Waals surface area (Å²) in [6.07, 6.45) is 2.63. The van der Waals surface area contributed by atoms with Gasteiger partial charge in [0.25, 0.3) is 0 Å². The lowest BCUT2D eigenvalue weighted by Crippen LogP contribution is -2.43. The van der Waals surface area contributed by atoms with Crippen molar-refractivity contribution in [3.05, 3.63) is 0 Å². The Kier molecular flexibility index (Phi) is 6.65. The van der Waals surface area contributed by atoms with Crippen LogP contribution >= 0.6 is 0 Å². The van der Waals surface area contributed by atoms with E-state index in [0.717, 1.165) is 39.0 Å². The molecule has 1 rings (SSSR count). The van der Waals surface area contributed by atoms with Gasteiger partial charge >= 0.3 is 5.97 Å². The van der Waals surface area contributed by atoms with Crippen molar-refractivity contribution in [1.29, 1.82) is 0 Å². The molecule has 0 aromatic rings. The van der Waals surface area contributed by atoms with Crippen molar-refractivity contribution < 1.29 is 14.3 Å². The van der Waals surface area contributed by atoms with Gasteiger partial charge in [-0.05, 0) is 38.3 Å². The van der Waals surface area contributed by atoms with Gasteiger partial charge in [0, 0.05) is 6.61 Å². The van der Waals surface area contributed by atoms with Gasteiger partial charge in [0.05, 0.1) is 12.0 Å². The predicted octanol–water partition coefficient (Wildman–Crippen LogP) is 1.98. The number of piperidine rings is 1. The van der Waals surface area contributed by atoms with Crippen LogP contribution in [-0.2, 0) is 14.3 Å². The van der Waals surface area contributed by atoms with Gasteiger partial charge in [0.1, 0.15) is 6.61 Å². The van der Waals surface area contributed by atoms with E-state index in [4.69, 9.17) is 9.47 Å². The maximum absolute atomic E-state index is 12.1. The normalized spacial score (nSPS) is 18.9. The van der Waals surface area contributed by atoms with Crippen LogP contribution in [0.3, 0.4) is 0 Å². The van der Waals surface area contributed by atoms with Gasteiger partial charge in [0.2, 0.25) is 0 Å². The fraction of sp³-hybridized carbons (Fsp3) is 0.929. The Labute approximate surface area is 110 Å². The summed E-state index contributed by atoms with van der Waals surface area (Å²) in [7, 11) is 0. The Morgan fingerprint density at radius 3 is 2.50 bits per heavy atom. The fourth-order valence-corrected chi connectivity index (χ4v) is 2.27. The molecule has 4 nitrogen and oxygen atoms in total. The van der Waals surface area contributed by atoms with Crippen molar-refractivity contribution in [2.24, 2.45) is 11.3 Å². The molecule has 1 heterocycles. The maximum atomic E-state index is 12.1. The summed E-state index contributed by atoms with van der Waals surface area (Å²) >= 11 is 0. The van der Waals surface area contributed by atoms with Crippen molar-refractivity contribution in [3.8, 4) is 0 Å². The summed E-state index contributed by atoms with van der Waals surface area (Å²) in [6.45, 7) is 9.70. The largest absolute Gasteiger partial charge is 0.463 e. The van der Waals surface area contributed by atoms with E-state index in [1.54, 1.807) is 0 Å². The van der Waals surface area contributed by atoms with Gasteiger partial charge in [-0.15, -0.1) is 0 Å². The maximum Gasteiger partial charge on any atom is 0.312 e. The van der Waals surface area contributed by atoms with Crippen LogP contribution in [0.15, 0.2) is 0 Å². The Morgan fingerprint density at radius 1 is 1.28 bits per heavy atom. The lowest BCUT2D eigenvalue weighted by atomic mass is 9.77. The van der Waals surface area contributed by atoms with E-state index in [-0.39, 0.29) is 11.4 Å². The highest BCUT2D eigenvalue weighted by Crippen LogP contribution is 2.33. The zero-order chi connectivity index (χ0) is 13.4. The van der Waals surface area contributed by atoms with Crippen LogP contribution in [0.4, 0.5) is 0 Å². The van der Waals surface area contributed by atoms with Gasteiger partial charge in [0.15, 0.2) is 0 Å². The average molecular weight is 257 g/mol. The van der Waals surface area contributed by atoms with E-state index >= 15 is 0 Å². The van der Waals surface area contributed by atoms with Crippen molar-refractivity contribution in [1.82, 2.24) is 5.32 Å². The Morgan fingerprint density at radius 2 is 1.94 bits per heavy atom. The van der Waals surface area contributed by atoms with Crippen LogP contribution in [0.25, 0.3) is 0 Å². The van der Waals surface area contributed by atoms with Crippen LogP contribution in [0, 0.1) is 11.3 Å². The van der Waals surface area contributed by atoms with Crippen molar-refractivity contribution in [2.45, 2.75) is 40.0 Å². The molecule has 1 aliphatic rings. The topological polar surface area (TPSA) is 47.6 Å². The molecular formula is C14H27NO3. The second-order valence-corrected chi connectivity index (χ2v) is 5.49. The molecule has 0 amide bonds. The minimum Gasteiger partial charge on any atom is -0.463 e. The monoisotopic (exact) mass is 257 g/mol. The van der Waals surface area contributed by atoms with Crippen LogP contribution in [0.1, 0.15) is 40.0 Å². The first kappa shape index (κ1) is 15.4. The van der Waals surface area contributed by atoms with Crippen LogP contribution in [0.5, 0.6) is 0 Å². The average Bonchev–Trinajstić information content (AvgIpc) is 2.38. The first-order valence-corrected chi connectivity index (χ1v) is 7.06. The lowest BCUT2D eigenvalue weighted by molar-refractivity contribution is -0.159. The van der Waals surface area contributed by atoms with Gasteiger partial charge in [-0.2, -0.15) is 0 Å². The highest BCUT2D eigenvalue weighted by molar-refractivity contribution is 5.77. The molecule has 1 aliphatic heterocycles. The van der Waals surface area contributed by atoms with Gasteiger partial charge in [-0.1, -0.05) is 20.8 Å². The molecule has 0 aliphatic carbocycles. The number of carbonyl (C=O) groups is 1. The van der Waals surface area contributed by atoms with Gasteiger partial charge < -0.3 is 14.8 Å². The fourth-order valence-electron chi connectivity index (χ4n) is 2.27. The van der Waals surface area contributed by atoms with E-state index in [1.165, 1.54) is 0 Å². The van der Waals surface area contributed by atoms with Gasteiger partial charge in [-0.3, -0.25) is 4.79 Å². The SMILES string of the molecule is CCC1(C(=O)OCCOCC(C)C)CCNCC1. The zero-order valence-electron chi connectivity index (χ0n) is 12.0. The molecule has 0 saturated carbocycles. The number of hydrogen-bond donors (Lipinski definition) is 1. The van der Waals surface area contributed by atoms with E-state index in [1.807, 2.05) is 0 Å². The molecule has 0 bridgehead atoms. The number of carbonyl (C=O) groups excluding carboxylic acids is 1. The molecule has 0 atom stereocenters. The number of esters is 1. The van der Waals surface area contributed by atoms with Gasteiger partial charge in [-0.25, -0.2) is 0 Å². The second-order valence-electron chi connectivity index (χ2n) is 5.49. The summed E-state index contributed by atoms with van der Waals surface area (Å²) in [5, 5.41) is 3.29. The summed E-state index contributed by atoms with van der Waals surface area (Å²) in [4.78, 5) is 12.1. The van der Waals surface area contributed by atoms with Crippen LogP contribution < -0.4 is 5.32 Å². The molecule has 4 heteroatoms. The molecular weight excluding hydrogens is 230 g/mol. The number of rotatable bonds is 7. The molecule has 0 aromatic heterocycles. The summed E-state index contributed by atoms with van der Waals surface area (Å²) in [5.41, 5.74) is -0.261. The third kappa shape index (κ3) is 4.58. The molecule has 0 spiro atoms. The smallest absolute Gasteiger partial charge is 0.312 e. The van der Waals surface area contributed by atoms with Crippen molar-refractivity contribution in [2.75, 3.05) is 32.9 Å². The molecule has 0 radical (unpaired) electrons. The molecule has 0 aromatic carbocycles. The number of ether oxygens (including phenoxy) is 2. The van der Waals surface area contributed by atoms with E-state index in [2.05, 4.69) is 26.1 Å². The third-order valence-corrected chi connectivity index (χ3v) is 3.58.